The van der Waals surface area contributed by atoms with Crippen LogP contribution in [0.15, 0.2) is 71.6 Å². The Morgan fingerprint density at radius 3 is 2.37 bits per heavy atom. The van der Waals surface area contributed by atoms with Crippen LogP contribution in [0.25, 0.3) is 0 Å². The molecule has 0 spiro atoms. The third-order valence-electron chi connectivity index (χ3n) is 4.36. The van der Waals surface area contributed by atoms with Gasteiger partial charge >= 0.3 is 5.97 Å². The second-order valence-electron chi connectivity index (χ2n) is 6.67. The first-order chi connectivity index (χ1) is 14.5. The average molecular weight is 440 g/mol. The van der Waals surface area contributed by atoms with E-state index in [1.807, 2.05) is 12.1 Å². The molecule has 0 atom stereocenters. The minimum atomic E-state index is -0.519. The van der Waals surface area contributed by atoms with E-state index in [9.17, 15) is 9.59 Å². The number of rotatable bonds is 7. The van der Waals surface area contributed by atoms with Gasteiger partial charge < -0.3 is 10.1 Å². The maximum atomic E-state index is 12.6. The van der Waals surface area contributed by atoms with Crippen molar-refractivity contribution >= 4 is 40.9 Å². The number of hydrogen-bond donors (Lipinski definition) is 1. The van der Waals surface area contributed by atoms with Gasteiger partial charge in [0, 0.05) is 21.9 Å². The highest BCUT2D eigenvalue weighted by Crippen LogP contribution is 2.24. The number of anilines is 1. The zero-order valence-corrected chi connectivity index (χ0v) is 18.3. The summed E-state index contributed by atoms with van der Waals surface area (Å²) in [5.41, 5.74) is 3.61. The highest BCUT2D eigenvalue weighted by atomic mass is 35.5. The molecule has 6 heteroatoms. The van der Waals surface area contributed by atoms with Crippen LogP contribution >= 0.6 is 23.4 Å². The second-order valence-corrected chi connectivity index (χ2v) is 8.12. The zero-order valence-electron chi connectivity index (χ0n) is 16.8. The molecule has 0 radical (unpaired) electrons. The maximum absolute atomic E-state index is 12.6. The standard InChI is InChI=1S/C24H22ClNO3S/c1-3-29-24(28)21-14-19(10-13-22(21)25)26-23(27)18-8-6-17(7-9-18)15-30-20-11-4-16(2)5-12-20/h4-14H,3,15H2,1-2H3,(H,26,27). The summed E-state index contributed by atoms with van der Waals surface area (Å²) >= 11 is 7.82. The SMILES string of the molecule is CCOC(=O)c1cc(NC(=O)c2ccc(CSc3ccc(C)cc3)cc2)ccc1Cl. The van der Waals surface area contributed by atoms with Gasteiger partial charge in [0.1, 0.15) is 0 Å². The van der Waals surface area contributed by atoms with E-state index in [2.05, 4.69) is 36.5 Å². The zero-order chi connectivity index (χ0) is 21.5. The van der Waals surface area contributed by atoms with E-state index in [1.54, 1.807) is 43.0 Å². The molecule has 0 aliphatic carbocycles. The predicted octanol–water partition coefficient (Wildman–Crippen LogP) is 6.37. The molecule has 154 valence electrons. The van der Waals surface area contributed by atoms with Crippen LogP contribution in [-0.4, -0.2) is 18.5 Å². The summed E-state index contributed by atoms with van der Waals surface area (Å²) in [6.07, 6.45) is 0. The van der Waals surface area contributed by atoms with Gasteiger partial charge in [-0.1, -0.05) is 41.4 Å². The lowest BCUT2D eigenvalue weighted by Gasteiger charge is -2.09. The lowest BCUT2D eigenvalue weighted by Crippen LogP contribution is -2.13. The molecule has 0 aliphatic rings. The van der Waals surface area contributed by atoms with Crippen LogP contribution in [-0.2, 0) is 10.5 Å². The number of thioether (sulfide) groups is 1. The third kappa shape index (κ3) is 5.88. The molecule has 0 aliphatic heterocycles. The Bertz CT molecular complexity index is 1030. The van der Waals surface area contributed by atoms with Crippen LogP contribution in [0.1, 0.15) is 38.8 Å². The summed E-state index contributed by atoms with van der Waals surface area (Å²) in [4.78, 5) is 25.7. The van der Waals surface area contributed by atoms with E-state index in [1.165, 1.54) is 16.5 Å². The number of carbonyl (C=O) groups is 2. The van der Waals surface area contributed by atoms with E-state index in [0.717, 1.165) is 11.3 Å². The highest BCUT2D eigenvalue weighted by molar-refractivity contribution is 7.98. The van der Waals surface area contributed by atoms with Crippen LogP contribution in [0, 0.1) is 6.92 Å². The van der Waals surface area contributed by atoms with Crippen molar-refractivity contribution < 1.29 is 14.3 Å². The Balaban J connectivity index is 1.62. The van der Waals surface area contributed by atoms with Crippen LogP contribution in [0.5, 0.6) is 0 Å². The van der Waals surface area contributed by atoms with Gasteiger partial charge in [-0.3, -0.25) is 4.79 Å². The third-order valence-corrected chi connectivity index (χ3v) is 5.77. The van der Waals surface area contributed by atoms with Gasteiger partial charge in [0.25, 0.3) is 5.91 Å². The van der Waals surface area contributed by atoms with Gasteiger partial charge in [0.15, 0.2) is 0 Å². The van der Waals surface area contributed by atoms with Crippen molar-refractivity contribution in [2.24, 2.45) is 0 Å². The van der Waals surface area contributed by atoms with E-state index in [0.29, 0.717) is 11.3 Å². The Kier molecular flexibility index (Phi) is 7.55. The average Bonchev–Trinajstić information content (AvgIpc) is 2.75. The fourth-order valence-electron chi connectivity index (χ4n) is 2.73. The van der Waals surface area contributed by atoms with E-state index in [-0.39, 0.29) is 23.1 Å². The topological polar surface area (TPSA) is 55.4 Å². The van der Waals surface area contributed by atoms with Crippen molar-refractivity contribution in [3.63, 3.8) is 0 Å². The Morgan fingerprint density at radius 2 is 1.70 bits per heavy atom. The number of ether oxygens (including phenoxy) is 1. The van der Waals surface area contributed by atoms with Crippen molar-refractivity contribution in [2.75, 3.05) is 11.9 Å². The van der Waals surface area contributed by atoms with Crippen molar-refractivity contribution in [3.8, 4) is 0 Å². The molecule has 0 aromatic heterocycles. The second kappa shape index (κ2) is 10.3. The number of halogens is 1. The van der Waals surface area contributed by atoms with Crippen molar-refractivity contribution in [2.45, 2.75) is 24.5 Å². The molecule has 1 amide bonds. The van der Waals surface area contributed by atoms with E-state index in [4.69, 9.17) is 16.3 Å². The van der Waals surface area contributed by atoms with Gasteiger partial charge in [0.2, 0.25) is 0 Å². The molecular weight excluding hydrogens is 418 g/mol. The van der Waals surface area contributed by atoms with E-state index < -0.39 is 5.97 Å². The van der Waals surface area contributed by atoms with Gasteiger partial charge in [0.05, 0.1) is 17.2 Å². The summed E-state index contributed by atoms with van der Waals surface area (Å²) in [7, 11) is 0. The molecule has 1 N–H and O–H groups in total. The Morgan fingerprint density at radius 1 is 1.00 bits per heavy atom. The van der Waals surface area contributed by atoms with Crippen LogP contribution < -0.4 is 5.32 Å². The summed E-state index contributed by atoms with van der Waals surface area (Å²) in [6, 6.07) is 20.6. The number of esters is 1. The molecule has 4 nitrogen and oxygen atoms in total. The van der Waals surface area contributed by atoms with Gasteiger partial charge in [-0.15, -0.1) is 11.8 Å². The summed E-state index contributed by atoms with van der Waals surface area (Å²) < 4.78 is 4.99. The fraction of sp³-hybridized carbons (Fsp3) is 0.167. The lowest BCUT2D eigenvalue weighted by atomic mass is 10.1. The van der Waals surface area contributed by atoms with Crippen LogP contribution in [0.3, 0.4) is 0 Å². The first-order valence-corrected chi connectivity index (χ1v) is 10.9. The molecule has 0 unspecified atom stereocenters. The molecule has 0 heterocycles. The summed E-state index contributed by atoms with van der Waals surface area (Å²) in [5, 5.41) is 3.07. The molecule has 0 saturated heterocycles. The van der Waals surface area contributed by atoms with Gasteiger partial charge in [-0.25, -0.2) is 4.79 Å². The van der Waals surface area contributed by atoms with Crippen molar-refractivity contribution in [1.29, 1.82) is 0 Å². The largest absolute Gasteiger partial charge is 0.462 e. The smallest absolute Gasteiger partial charge is 0.339 e. The molecule has 0 bridgehead atoms. The normalized spacial score (nSPS) is 10.5. The quantitative estimate of drug-likeness (QED) is 0.343. The summed E-state index contributed by atoms with van der Waals surface area (Å²) in [5.74, 6) is 0.0457. The fourth-order valence-corrected chi connectivity index (χ4v) is 3.77. The van der Waals surface area contributed by atoms with Gasteiger partial charge in [-0.2, -0.15) is 0 Å². The lowest BCUT2D eigenvalue weighted by molar-refractivity contribution is 0.0526. The van der Waals surface area contributed by atoms with Crippen molar-refractivity contribution in [1.82, 2.24) is 0 Å². The minimum absolute atomic E-state index is 0.222. The monoisotopic (exact) mass is 439 g/mol. The molecule has 0 saturated carbocycles. The highest BCUT2D eigenvalue weighted by Gasteiger charge is 2.14. The molecular formula is C24H22ClNO3S. The van der Waals surface area contributed by atoms with Crippen molar-refractivity contribution in [3.05, 3.63) is 94.0 Å². The predicted molar refractivity (Wildman–Crippen MR) is 123 cm³/mol. The molecule has 3 aromatic rings. The maximum Gasteiger partial charge on any atom is 0.339 e. The summed E-state index contributed by atoms with van der Waals surface area (Å²) in [6.45, 7) is 4.04. The number of nitrogens with one attached hydrogen (secondary N) is 1. The van der Waals surface area contributed by atoms with E-state index >= 15 is 0 Å². The molecule has 30 heavy (non-hydrogen) atoms. The Hall–Kier alpha value is -2.76. The Labute approximate surface area is 185 Å². The molecule has 3 rings (SSSR count). The molecule has 0 fully saturated rings. The number of aryl methyl sites for hydroxylation is 1. The van der Waals surface area contributed by atoms with Crippen LogP contribution in [0.4, 0.5) is 5.69 Å². The number of carbonyl (C=O) groups excluding carboxylic acids is 2. The van der Waals surface area contributed by atoms with Gasteiger partial charge in [-0.05, 0) is 61.9 Å². The molecule has 3 aromatic carbocycles. The van der Waals surface area contributed by atoms with Crippen LogP contribution in [0.2, 0.25) is 5.02 Å². The number of benzene rings is 3. The number of amides is 1. The minimum Gasteiger partial charge on any atom is -0.462 e. The number of hydrogen-bond acceptors (Lipinski definition) is 4. The first-order valence-electron chi connectivity index (χ1n) is 9.52. The first kappa shape index (κ1) is 21.9.